The molecule has 128 valence electrons. The van der Waals surface area contributed by atoms with Gasteiger partial charge in [-0.1, -0.05) is 38.5 Å². The average molecular weight is 340 g/mol. The van der Waals surface area contributed by atoms with Gasteiger partial charge >= 0.3 is 0 Å². The molecule has 3 unspecified atom stereocenters. The number of carbonyl (C=O) groups excluding carboxylic acids is 2. The molecule has 3 atom stereocenters. The molecule has 1 heterocycles. The van der Waals surface area contributed by atoms with Crippen molar-refractivity contribution in [2.45, 2.75) is 38.8 Å². The third kappa shape index (κ3) is 5.52. The normalized spacial score (nSPS) is 19.3. The fourth-order valence-corrected chi connectivity index (χ4v) is 2.58. The van der Waals surface area contributed by atoms with Crippen molar-refractivity contribution in [3.8, 4) is 0 Å². The Kier molecular flexibility index (Phi) is 8.06. The molecule has 1 saturated heterocycles. The van der Waals surface area contributed by atoms with Crippen LogP contribution in [0.1, 0.15) is 37.0 Å². The largest absolute Gasteiger partial charge is 0.350 e. The summed E-state index contributed by atoms with van der Waals surface area (Å²) in [5, 5.41) is 9.15. The predicted molar refractivity (Wildman–Crippen MR) is 93.8 cm³/mol. The van der Waals surface area contributed by atoms with E-state index in [9.17, 15) is 9.59 Å². The summed E-state index contributed by atoms with van der Waals surface area (Å²) in [7, 11) is 0. The molecule has 0 saturated carbocycles. The predicted octanol–water partition coefficient (Wildman–Crippen LogP) is 1.73. The van der Waals surface area contributed by atoms with Gasteiger partial charge in [0, 0.05) is 18.2 Å². The van der Waals surface area contributed by atoms with Crippen LogP contribution in [0.2, 0.25) is 0 Å². The van der Waals surface area contributed by atoms with Crippen LogP contribution < -0.4 is 16.0 Å². The van der Waals surface area contributed by atoms with Gasteiger partial charge in [-0.25, -0.2) is 0 Å². The molecule has 0 aromatic heterocycles. The second-order valence-corrected chi connectivity index (χ2v) is 5.90. The van der Waals surface area contributed by atoms with Gasteiger partial charge in [0.05, 0.1) is 0 Å². The van der Waals surface area contributed by atoms with Crippen LogP contribution in [0.5, 0.6) is 0 Å². The summed E-state index contributed by atoms with van der Waals surface area (Å²) in [6, 6.07) is 8.66. The first-order valence-corrected chi connectivity index (χ1v) is 7.98. The molecule has 2 rings (SSSR count). The monoisotopic (exact) mass is 339 g/mol. The molecule has 0 radical (unpaired) electrons. The van der Waals surface area contributed by atoms with Crippen LogP contribution in [-0.2, 0) is 4.79 Å². The lowest BCUT2D eigenvalue weighted by Crippen LogP contribution is -2.52. The number of hydrogen-bond donors (Lipinski definition) is 3. The maximum Gasteiger partial charge on any atom is 0.251 e. The lowest BCUT2D eigenvalue weighted by atomic mass is 9.97. The van der Waals surface area contributed by atoms with Crippen molar-refractivity contribution in [2.75, 3.05) is 13.1 Å². The van der Waals surface area contributed by atoms with Crippen molar-refractivity contribution >= 4 is 24.2 Å². The number of nitrogens with one attached hydrogen (secondary N) is 3. The lowest BCUT2D eigenvalue weighted by molar-refractivity contribution is -0.124. The maximum atomic E-state index is 12.5. The van der Waals surface area contributed by atoms with Gasteiger partial charge in [0.25, 0.3) is 5.91 Å². The second-order valence-electron chi connectivity index (χ2n) is 5.90. The molecule has 23 heavy (non-hydrogen) atoms. The molecule has 0 aliphatic carbocycles. The van der Waals surface area contributed by atoms with Crippen LogP contribution >= 0.6 is 12.4 Å². The zero-order valence-corrected chi connectivity index (χ0v) is 14.5. The third-order valence-corrected chi connectivity index (χ3v) is 4.22. The van der Waals surface area contributed by atoms with E-state index in [1.807, 2.05) is 32.0 Å². The van der Waals surface area contributed by atoms with E-state index >= 15 is 0 Å². The number of hydrogen-bond acceptors (Lipinski definition) is 3. The van der Waals surface area contributed by atoms with Crippen molar-refractivity contribution in [1.29, 1.82) is 0 Å². The Hall–Kier alpha value is -1.59. The van der Waals surface area contributed by atoms with E-state index in [0.717, 1.165) is 25.9 Å². The molecule has 1 aliphatic rings. The van der Waals surface area contributed by atoms with Crippen molar-refractivity contribution in [2.24, 2.45) is 5.92 Å². The quantitative estimate of drug-likeness (QED) is 0.739. The fraction of sp³-hybridized carbons (Fsp3) is 0.529. The molecular weight excluding hydrogens is 314 g/mol. The summed E-state index contributed by atoms with van der Waals surface area (Å²) in [4.78, 5) is 24.8. The van der Waals surface area contributed by atoms with E-state index in [1.165, 1.54) is 0 Å². The highest BCUT2D eigenvalue weighted by molar-refractivity contribution is 5.97. The van der Waals surface area contributed by atoms with Crippen LogP contribution in [0.25, 0.3) is 0 Å². The van der Waals surface area contributed by atoms with Gasteiger partial charge in [-0.2, -0.15) is 0 Å². The van der Waals surface area contributed by atoms with E-state index in [2.05, 4.69) is 16.0 Å². The first-order valence-electron chi connectivity index (χ1n) is 7.98. The van der Waals surface area contributed by atoms with E-state index in [-0.39, 0.29) is 36.2 Å². The number of rotatable bonds is 6. The maximum absolute atomic E-state index is 12.5. The molecule has 2 amide bonds. The topological polar surface area (TPSA) is 70.2 Å². The molecule has 3 N–H and O–H groups in total. The van der Waals surface area contributed by atoms with Crippen LogP contribution in [0.15, 0.2) is 30.3 Å². The molecule has 0 bridgehead atoms. The van der Waals surface area contributed by atoms with Crippen LogP contribution in [0.4, 0.5) is 0 Å². The summed E-state index contributed by atoms with van der Waals surface area (Å²) in [6.45, 7) is 5.74. The van der Waals surface area contributed by atoms with E-state index in [4.69, 9.17) is 0 Å². The molecule has 1 aromatic carbocycles. The Bertz CT molecular complexity index is 504. The molecule has 0 spiro atoms. The SMILES string of the molecule is CCC(C)C(NC(=O)c1ccccc1)C(=O)NC1CCNC1.Cl. The van der Waals surface area contributed by atoms with Gasteiger partial charge in [0.1, 0.15) is 6.04 Å². The van der Waals surface area contributed by atoms with Gasteiger partial charge in [0.15, 0.2) is 0 Å². The first-order chi connectivity index (χ1) is 10.6. The van der Waals surface area contributed by atoms with Crippen LogP contribution in [0.3, 0.4) is 0 Å². The average Bonchev–Trinajstić information content (AvgIpc) is 3.05. The Balaban J connectivity index is 0.00000264. The Morgan fingerprint density at radius 3 is 2.57 bits per heavy atom. The van der Waals surface area contributed by atoms with Crippen molar-refractivity contribution < 1.29 is 9.59 Å². The summed E-state index contributed by atoms with van der Waals surface area (Å²) >= 11 is 0. The van der Waals surface area contributed by atoms with Gasteiger partial charge in [-0.05, 0) is 31.0 Å². The van der Waals surface area contributed by atoms with E-state index in [1.54, 1.807) is 12.1 Å². The van der Waals surface area contributed by atoms with Gasteiger partial charge in [0.2, 0.25) is 5.91 Å². The van der Waals surface area contributed by atoms with Crippen molar-refractivity contribution in [3.05, 3.63) is 35.9 Å². The van der Waals surface area contributed by atoms with E-state index in [0.29, 0.717) is 5.56 Å². The highest BCUT2D eigenvalue weighted by Gasteiger charge is 2.28. The minimum Gasteiger partial charge on any atom is -0.350 e. The van der Waals surface area contributed by atoms with Gasteiger partial charge in [-0.3, -0.25) is 9.59 Å². The van der Waals surface area contributed by atoms with Gasteiger partial charge < -0.3 is 16.0 Å². The summed E-state index contributed by atoms with van der Waals surface area (Å²) in [5.74, 6) is -0.208. The first kappa shape index (κ1) is 19.5. The third-order valence-electron chi connectivity index (χ3n) is 4.22. The van der Waals surface area contributed by atoms with E-state index < -0.39 is 6.04 Å². The Morgan fingerprint density at radius 1 is 1.30 bits per heavy atom. The highest BCUT2D eigenvalue weighted by Crippen LogP contribution is 2.11. The second kappa shape index (κ2) is 9.53. The van der Waals surface area contributed by atoms with Crippen LogP contribution in [-0.4, -0.2) is 37.0 Å². The van der Waals surface area contributed by atoms with Crippen molar-refractivity contribution in [3.63, 3.8) is 0 Å². The standard InChI is InChI=1S/C17H25N3O2.ClH/c1-3-12(2)15(17(22)19-14-9-10-18-11-14)20-16(21)13-7-5-4-6-8-13;/h4-8,12,14-15,18H,3,9-11H2,1-2H3,(H,19,22)(H,20,21);1H. The smallest absolute Gasteiger partial charge is 0.251 e. The zero-order chi connectivity index (χ0) is 15.9. The zero-order valence-electron chi connectivity index (χ0n) is 13.7. The molecule has 1 aliphatic heterocycles. The van der Waals surface area contributed by atoms with Crippen LogP contribution in [0, 0.1) is 5.92 Å². The molecular formula is C17H26ClN3O2. The minimum absolute atomic E-state index is 0. The van der Waals surface area contributed by atoms with Gasteiger partial charge in [-0.15, -0.1) is 12.4 Å². The summed E-state index contributed by atoms with van der Waals surface area (Å²) in [5.41, 5.74) is 0.575. The highest BCUT2D eigenvalue weighted by atomic mass is 35.5. The fourth-order valence-electron chi connectivity index (χ4n) is 2.58. The molecule has 6 heteroatoms. The Morgan fingerprint density at radius 2 is 2.00 bits per heavy atom. The number of amides is 2. The number of carbonyl (C=O) groups is 2. The lowest BCUT2D eigenvalue weighted by Gasteiger charge is -2.25. The number of halogens is 1. The number of benzene rings is 1. The summed E-state index contributed by atoms with van der Waals surface area (Å²) in [6.07, 6.45) is 1.77. The Labute approximate surface area is 144 Å². The molecule has 1 fully saturated rings. The molecule has 1 aromatic rings. The molecule has 5 nitrogen and oxygen atoms in total. The minimum atomic E-state index is -0.502. The van der Waals surface area contributed by atoms with Crippen molar-refractivity contribution in [1.82, 2.24) is 16.0 Å². The summed E-state index contributed by atoms with van der Waals surface area (Å²) < 4.78 is 0.